The van der Waals surface area contributed by atoms with Gasteiger partial charge in [-0.25, -0.2) is 0 Å². The van der Waals surface area contributed by atoms with Crippen molar-refractivity contribution in [2.24, 2.45) is 5.92 Å². The molecule has 2 fully saturated rings. The second kappa shape index (κ2) is 6.44. The van der Waals surface area contributed by atoms with Crippen LogP contribution in [0, 0.1) is 5.92 Å². The van der Waals surface area contributed by atoms with Gasteiger partial charge in [-0.1, -0.05) is 12.8 Å². The van der Waals surface area contributed by atoms with Crippen LogP contribution in [-0.2, 0) is 4.79 Å². The predicted octanol–water partition coefficient (Wildman–Crippen LogP) is 1.92. The molecule has 2 rings (SSSR count). The van der Waals surface area contributed by atoms with Crippen molar-refractivity contribution in [2.75, 3.05) is 13.1 Å². The molecule has 1 heterocycles. The number of nitrogens with one attached hydrogen (secondary N) is 1. The number of likely N-dealkylation sites (tertiary alicyclic amines) is 1. The highest BCUT2D eigenvalue weighted by molar-refractivity contribution is 5.78. The first-order valence-electron chi connectivity index (χ1n) is 8.10. The third-order valence-electron chi connectivity index (χ3n) is 4.55. The zero-order chi connectivity index (χ0) is 14.8. The Morgan fingerprint density at radius 3 is 2.55 bits per heavy atom. The van der Waals surface area contributed by atoms with Crippen LogP contribution >= 0.6 is 0 Å². The van der Waals surface area contributed by atoms with Gasteiger partial charge in [0.2, 0.25) is 5.91 Å². The summed E-state index contributed by atoms with van der Waals surface area (Å²) in [5, 5.41) is 13.3. The average molecular weight is 282 g/mol. The first kappa shape index (κ1) is 15.8. The molecule has 4 nitrogen and oxygen atoms in total. The lowest BCUT2D eigenvalue weighted by molar-refractivity contribution is -0.124. The van der Waals surface area contributed by atoms with Crippen molar-refractivity contribution >= 4 is 5.91 Å². The van der Waals surface area contributed by atoms with Crippen molar-refractivity contribution in [1.29, 1.82) is 0 Å². The second-order valence-electron chi connectivity index (χ2n) is 7.49. The first-order valence-corrected chi connectivity index (χ1v) is 8.10. The van der Waals surface area contributed by atoms with Crippen molar-refractivity contribution in [3.63, 3.8) is 0 Å². The molecule has 0 bridgehead atoms. The molecule has 3 atom stereocenters. The fourth-order valence-electron chi connectivity index (χ4n) is 3.76. The van der Waals surface area contributed by atoms with E-state index < -0.39 is 0 Å². The van der Waals surface area contributed by atoms with Gasteiger partial charge in [-0.2, -0.15) is 0 Å². The summed E-state index contributed by atoms with van der Waals surface area (Å²) in [6, 6.07) is 0.399. The van der Waals surface area contributed by atoms with Gasteiger partial charge < -0.3 is 10.4 Å². The molecule has 20 heavy (non-hydrogen) atoms. The fraction of sp³-hybridized carbons (Fsp3) is 0.938. The van der Waals surface area contributed by atoms with Crippen LogP contribution in [0.1, 0.15) is 59.3 Å². The molecule has 0 aromatic heterocycles. The summed E-state index contributed by atoms with van der Waals surface area (Å²) >= 11 is 0. The van der Waals surface area contributed by atoms with E-state index in [9.17, 15) is 9.90 Å². The van der Waals surface area contributed by atoms with Gasteiger partial charge in [0, 0.05) is 17.5 Å². The molecule has 0 aromatic carbocycles. The molecule has 0 spiro atoms. The van der Waals surface area contributed by atoms with Crippen LogP contribution in [0.25, 0.3) is 0 Å². The van der Waals surface area contributed by atoms with E-state index in [4.69, 9.17) is 0 Å². The smallest absolute Gasteiger partial charge is 0.234 e. The maximum absolute atomic E-state index is 12.1. The SMILES string of the molecule is CC(C)(C)NC(=O)CN1CCCC1C1CCCCC1O. The van der Waals surface area contributed by atoms with Crippen molar-refractivity contribution in [2.45, 2.75) is 77.0 Å². The van der Waals surface area contributed by atoms with Crippen molar-refractivity contribution in [3.05, 3.63) is 0 Å². The number of carbonyl (C=O) groups excluding carboxylic acids is 1. The molecule has 2 N–H and O–H groups in total. The minimum atomic E-state index is -0.170. The van der Waals surface area contributed by atoms with Crippen LogP contribution in [0.5, 0.6) is 0 Å². The maximum atomic E-state index is 12.1. The summed E-state index contributed by atoms with van der Waals surface area (Å²) < 4.78 is 0. The standard InChI is InChI=1S/C16H30N2O2/c1-16(2,3)17-15(20)11-18-10-6-8-13(18)12-7-4-5-9-14(12)19/h12-14,19H,4-11H2,1-3H3,(H,17,20). The lowest BCUT2D eigenvalue weighted by Gasteiger charge is -2.37. The summed E-state index contributed by atoms with van der Waals surface area (Å²) in [5.41, 5.74) is -0.170. The molecular formula is C16H30N2O2. The zero-order valence-corrected chi connectivity index (χ0v) is 13.2. The van der Waals surface area contributed by atoms with Gasteiger partial charge in [0.15, 0.2) is 0 Å². The number of hydrogen-bond acceptors (Lipinski definition) is 3. The molecule has 2 aliphatic rings. The van der Waals surface area contributed by atoms with E-state index in [1.54, 1.807) is 0 Å². The lowest BCUT2D eigenvalue weighted by atomic mass is 9.80. The van der Waals surface area contributed by atoms with Gasteiger partial charge >= 0.3 is 0 Å². The molecule has 1 aliphatic carbocycles. The molecule has 116 valence electrons. The fourth-order valence-corrected chi connectivity index (χ4v) is 3.76. The molecule has 1 aliphatic heterocycles. The van der Waals surface area contributed by atoms with Gasteiger partial charge in [0.1, 0.15) is 0 Å². The van der Waals surface area contributed by atoms with Crippen LogP contribution in [0.4, 0.5) is 0 Å². The monoisotopic (exact) mass is 282 g/mol. The quantitative estimate of drug-likeness (QED) is 0.831. The van der Waals surface area contributed by atoms with Crippen molar-refractivity contribution in [1.82, 2.24) is 10.2 Å². The van der Waals surface area contributed by atoms with Crippen LogP contribution in [0.15, 0.2) is 0 Å². The molecule has 1 amide bonds. The minimum Gasteiger partial charge on any atom is -0.393 e. The van der Waals surface area contributed by atoms with Gasteiger partial charge in [-0.15, -0.1) is 0 Å². The Kier molecular flexibility index (Phi) is 5.08. The Bertz CT molecular complexity index is 338. The Morgan fingerprint density at radius 1 is 1.20 bits per heavy atom. The van der Waals surface area contributed by atoms with Crippen molar-refractivity contribution in [3.8, 4) is 0 Å². The third-order valence-corrected chi connectivity index (χ3v) is 4.55. The number of nitrogens with zero attached hydrogens (tertiary/aromatic N) is 1. The number of carbonyl (C=O) groups is 1. The molecule has 1 saturated carbocycles. The molecule has 3 unspecified atom stereocenters. The molecule has 4 heteroatoms. The number of rotatable bonds is 3. The van der Waals surface area contributed by atoms with E-state index in [1.807, 2.05) is 20.8 Å². The topological polar surface area (TPSA) is 52.6 Å². The number of hydrogen-bond donors (Lipinski definition) is 2. The van der Waals surface area contributed by atoms with Gasteiger partial charge in [0.05, 0.1) is 12.6 Å². The molecular weight excluding hydrogens is 252 g/mol. The Hall–Kier alpha value is -0.610. The normalized spacial score (nSPS) is 32.3. The maximum Gasteiger partial charge on any atom is 0.234 e. The number of aliphatic hydroxyl groups is 1. The van der Waals surface area contributed by atoms with E-state index in [1.165, 1.54) is 6.42 Å². The van der Waals surface area contributed by atoms with E-state index in [-0.39, 0.29) is 17.6 Å². The molecule has 0 radical (unpaired) electrons. The Labute approximate surface area is 122 Å². The van der Waals surface area contributed by atoms with Crippen molar-refractivity contribution < 1.29 is 9.90 Å². The Morgan fingerprint density at radius 2 is 1.90 bits per heavy atom. The predicted molar refractivity (Wildman–Crippen MR) is 80.5 cm³/mol. The summed E-state index contributed by atoms with van der Waals surface area (Å²) in [7, 11) is 0. The second-order valence-corrected chi connectivity index (χ2v) is 7.49. The molecule has 1 saturated heterocycles. The highest BCUT2D eigenvalue weighted by Crippen LogP contribution is 2.34. The van der Waals surface area contributed by atoms with E-state index >= 15 is 0 Å². The van der Waals surface area contributed by atoms with E-state index in [2.05, 4.69) is 10.2 Å². The van der Waals surface area contributed by atoms with Gasteiger partial charge in [-0.05, 0) is 53.0 Å². The highest BCUT2D eigenvalue weighted by Gasteiger charge is 2.37. The van der Waals surface area contributed by atoms with E-state index in [0.29, 0.717) is 18.5 Å². The first-order chi connectivity index (χ1) is 9.37. The Balaban J connectivity index is 1.91. The molecule has 0 aromatic rings. The minimum absolute atomic E-state index is 0.106. The number of aliphatic hydroxyl groups excluding tert-OH is 1. The van der Waals surface area contributed by atoms with E-state index in [0.717, 1.165) is 38.6 Å². The van der Waals surface area contributed by atoms with Crippen LogP contribution in [0.3, 0.4) is 0 Å². The zero-order valence-electron chi connectivity index (χ0n) is 13.2. The largest absolute Gasteiger partial charge is 0.393 e. The lowest BCUT2D eigenvalue weighted by Crippen LogP contribution is -2.49. The van der Waals surface area contributed by atoms with Crippen LogP contribution in [-0.4, -0.2) is 46.7 Å². The summed E-state index contributed by atoms with van der Waals surface area (Å²) in [5.74, 6) is 0.475. The van der Waals surface area contributed by atoms with Gasteiger partial charge in [0.25, 0.3) is 0 Å². The van der Waals surface area contributed by atoms with Crippen LogP contribution < -0.4 is 5.32 Å². The van der Waals surface area contributed by atoms with Crippen LogP contribution in [0.2, 0.25) is 0 Å². The summed E-state index contributed by atoms with van der Waals surface area (Å²) in [4.78, 5) is 14.4. The average Bonchev–Trinajstić information content (AvgIpc) is 2.75. The van der Waals surface area contributed by atoms with Gasteiger partial charge in [-0.3, -0.25) is 9.69 Å². The third kappa shape index (κ3) is 4.19. The number of amides is 1. The summed E-state index contributed by atoms with van der Waals surface area (Å²) in [6.45, 7) is 7.50. The highest BCUT2D eigenvalue weighted by atomic mass is 16.3. The summed E-state index contributed by atoms with van der Waals surface area (Å²) in [6.07, 6.45) is 6.53.